The van der Waals surface area contributed by atoms with Gasteiger partial charge in [-0.1, -0.05) is 84.0 Å². The third-order valence-electron chi connectivity index (χ3n) is 7.97. The molecule has 0 bridgehead atoms. The highest BCUT2D eigenvalue weighted by Crippen LogP contribution is 2.58. The molecule has 0 fully saturated rings. The Morgan fingerprint density at radius 1 is 0.750 bits per heavy atom. The highest BCUT2D eigenvalue weighted by atomic mass is 31.2. The molecule has 3 aromatic rings. The molecule has 0 amide bonds. The molecule has 3 nitrogen and oxygen atoms in total. The topological polar surface area (TPSA) is 49.7 Å². The van der Waals surface area contributed by atoms with Gasteiger partial charge in [0.2, 0.25) is 0 Å². The molecule has 0 aliphatic heterocycles. The van der Waals surface area contributed by atoms with Crippen molar-refractivity contribution in [1.82, 2.24) is 0 Å². The van der Waals surface area contributed by atoms with Crippen LogP contribution in [-0.2, 0) is 27.4 Å². The van der Waals surface area contributed by atoms with Crippen molar-refractivity contribution in [3.05, 3.63) is 92.5 Å². The maximum atomic E-state index is 10.4. The van der Waals surface area contributed by atoms with Crippen molar-refractivity contribution in [3.8, 4) is 11.1 Å². The number of hydrogen-bond acceptors (Lipinski definition) is 3. The van der Waals surface area contributed by atoms with E-state index in [2.05, 4.69) is 93.5 Å². The van der Waals surface area contributed by atoms with Crippen LogP contribution >= 0.6 is 8.60 Å². The Hall–Kier alpha value is -2.03. The lowest BCUT2D eigenvalue weighted by Gasteiger charge is -2.46. The summed E-state index contributed by atoms with van der Waals surface area (Å²) in [6.45, 7) is 22.3. The van der Waals surface area contributed by atoms with E-state index in [0.717, 1.165) is 11.1 Å². The number of rotatable bonds is 3. The first-order valence-electron chi connectivity index (χ1n) is 12.8. The number of fused-ring (bicyclic) bond motifs is 3. The third-order valence-corrected chi connectivity index (χ3v) is 8.45. The lowest BCUT2D eigenvalue weighted by Crippen LogP contribution is -2.40. The molecule has 4 rings (SSSR count). The lowest BCUT2D eigenvalue weighted by molar-refractivity contribution is 0.0878. The Labute approximate surface area is 218 Å². The zero-order chi connectivity index (χ0) is 26.8. The van der Waals surface area contributed by atoms with E-state index in [1.54, 1.807) is 0 Å². The fourth-order valence-corrected chi connectivity index (χ4v) is 6.50. The first kappa shape index (κ1) is 27.0. The average Bonchev–Trinajstić information content (AvgIpc) is 2.76. The molecule has 1 aliphatic carbocycles. The Balaban J connectivity index is 2.32. The van der Waals surface area contributed by atoms with Crippen LogP contribution in [-0.4, -0.2) is 9.79 Å². The normalized spacial score (nSPS) is 17.8. The van der Waals surface area contributed by atoms with Crippen LogP contribution in [0, 0.1) is 27.7 Å². The van der Waals surface area contributed by atoms with Crippen molar-refractivity contribution in [2.45, 2.75) is 92.1 Å². The summed E-state index contributed by atoms with van der Waals surface area (Å²) in [7, 11) is -2.63. The number of benzene rings is 3. The van der Waals surface area contributed by atoms with Crippen molar-refractivity contribution in [2.24, 2.45) is 0 Å². The Morgan fingerprint density at radius 3 is 1.75 bits per heavy atom. The molecule has 0 saturated carbocycles. The van der Waals surface area contributed by atoms with Gasteiger partial charge in [-0.25, -0.2) is 0 Å². The molecule has 0 aromatic heterocycles. The molecule has 1 atom stereocenters. The highest BCUT2D eigenvalue weighted by molar-refractivity contribution is 7.39. The molecule has 0 radical (unpaired) electrons. The van der Waals surface area contributed by atoms with Crippen LogP contribution < -0.4 is 0 Å². The molecule has 3 aromatic carbocycles. The third kappa shape index (κ3) is 4.35. The highest BCUT2D eigenvalue weighted by Gasteiger charge is 2.48. The van der Waals surface area contributed by atoms with Crippen LogP contribution in [0.5, 0.6) is 0 Å². The SMILES string of the molecule is Cc1cc(C(C)(C)C)c2c(c1C)-c1c(C)c(C)cc(C(C)(C)C)c1[C@](OP(O)O)(c1ccccc1)C2. The summed E-state index contributed by atoms with van der Waals surface area (Å²) < 4.78 is 6.39. The average molecular weight is 505 g/mol. The Bertz CT molecular complexity index is 1310. The van der Waals surface area contributed by atoms with Crippen LogP contribution in [0.1, 0.15) is 91.6 Å². The summed E-state index contributed by atoms with van der Waals surface area (Å²) in [5.74, 6) is 0. The molecule has 0 unspecified atom stereocenters. The van der Waals surface area contributed by atoms with Crippen molar-refractivity contribution in [3.63, 3.8) is 0 Å². The second-order valence-corrected chi connectivity index (χ2v) is 13.2. The quantitative estimate of drug-likeness (QED) is 0.353. The van der Waals surface area contributed by atoms with E-state index < -0.39 is 14.2 Å². The minimum absolute atomic E-state index is 0.0871. The summed E-state index contributed by atoms with van der Waals surface area (Å²) in [4.78, 5) is 20.9. The van der Waals surface area contributed by atoms with Gasteiger partial charge in [-0.3, -0.25) is 4.52 Å². The molecule has 0 spiro atoms. The molecular weight excluding hydrogens is 463 g/mol. The molecular formula is C32H41O3P. The van der Waals surface area contributed by atoms with Gasteiger partial charge in [0.25, 0.3) is 0 Å². The van der Waals surface area contributed by atoms with Crippen LogP contribution in [0.25, 0.3) is 11.1 Å². The van der Waals surface area contributed by atoms with Crippen molar-refractivity contribution in [2.75, 3.05) is 0 Å². The van der Waals surface area contributed by atoms with Crippen LogP contribution in [0.15, 0.2) is 42.5 Å². The predicted octanol–water partition coefficient (Wildman–Crippen LogP) is 8.21. The van der Waals surface area contributed by atoms with E-state index in [-0.39, 0.29) is 10.8 Å². The smallest absolute Gasteiger partial charge is 0.328 e. The minimum Gasteiger partial charge on any atom is -0.328 e. The van der Waals surface area contributed by atoms with Gasteiger partial charge >= 0.3 is 8.60 Å². The Kier molecular flexibility index (Phi) is 6.80. The van der Waals surface area contributed by atoms with E-state index in [1.165, 1.54) is 50.1 Å². The van der Waals surface area contributed by atoms with E-state index in [1.807, 2.05) is 18.2 Å². The fraction of sp³-hybridized carbons (Fsp3) is 0.438. The van der Waals surface area contributed by atoms with Crippen molar-refractivity contribution < 1.29 is 14.3 Å². The monoisotopic (exact) mass is 504 g/mol. The molecule has 4 heteroatoms. The van der Waals surface area contributed by atoms with Crippen LogP contribution in [0.2, 0.25) is 0 Å². The summed E-state index contributed by atoms with van der Waals surface area (Å²) >= 11 is 0. The van der Waals surface area contributed by atoms with Gasteiger partial charge in [0.15, 0.2) is 0 Å². The summed E-state index contributed by atoms with van der Waals surface area (Å²) in [6, 6.07) is 14.7. The molecule has 36 heavy (non-hydrogen) atoms. The van der Waals surface area contributed by atoms with Gasteiger partial charge in [0.05, 0.1) is 0 Å². The molecule has 2 N–H and O–H groups in total. The maximum absolute atomic E-state index is 10.4. The summed E-state index contributed by atoms with van der Waals surface area (Å²) in [5.41, 5.74) is 11.9. The minimum atomic E-state index is -2.63. The van der Waals surface area contributed by atoms with E-state index in [9.17, 15) is 9.79 Å². The van der Waals surface area contributed by atoms with Crippen LogP contribution in [0.3, 0.4) is 0 Å². The summed E-state index contributed by atoms with van der Waals surface area (Å²) in [6.07, 6.45) is 0.540. The van der Waals surface area contributed by atoms with Gasteiger partial charge < -0.3 is 9.79 Å². The van der Waals surface area contributed by atoms with Gasteiger partial charge in [-0.15, -0.1) is 0 Å². The molecule has 0 saturated heterocycles. The lowest BCUT2D eigenvalue weighted by atomic mass is 9.62. The van der Waals surface area contributed by atoms with Crippen molar-refractivity contribution in [1.29, 1.82) is 0 Å². The molecule has 1 aliphatic rings. The maximum Gasteiger partial charge on any atom is 0.328 e. The first-order chi connectivity index (χ1) is 16.6. The van der Waals surface area contributed by atoms with E-state index in [0.29, 0.717) is 6.42 Å². The van der Waals surface area contributed by atoms with Gasteiger partial charge in [-0.05, 0) is 94.2 Å². The zero-order valence-corrected chi connectivity index (χ0v) is 24.4. The fourth-order valence-electron chi connectivity index (χ4n) is 5.96. The predicted molar refractivity (Wildman–Crippen MR) is 152 cm³/mol. The number of aryl methyl sites for hydroxylation is 2. The zero-order valence-electron chi connectivity index (χ0n) is 23.5. The summed E-state index contributed by atoms with van der Waals surface area (Å²) in [5, 5.41) is 0. The van der Waals surface area contributed by atoms with E-state index >= 15 is 0 Å². The van der Waals surface area contributed by atoms with E-state index in [4.69, 9.17) is 4.52 Å². The number of hydrogen-bond donors (Lipinski definition) is 2. The second-order valence-electron chi connectivity index (χ2n) is 12.5. The molecule has 0 heterocycles. The standard InChI is InChI=1S/C32H41O3P/c1-19-16-25(30(5,6)7)24-18-32(35-36(33)34,23-14-12-11-13-15-23)29-26(31(8,9)10)17-20(2)22(4)28(29)27(24)21(19)3/h11-17,33-34H,18H2,1-10H3/t32-/m1/s1. The van der Waals surface area contributed by atoms with Gasteiger partial charge in [-0.2, -0.15) is 0 Å². The second kappa shape index (κ2) is 9.07. The largest absolute Gasteiger partial charge is 0.328 e. The van der Waals surface area contributed by atoms with Gasteiger partial charge in [0.1, 0.15) is 5.60 Å². The molecule has 192 valence electrons. The first-order valence-corrected chi connectivity index (χ1v) is 14.0. The van der Waals surface area contributed by atoms with Gasteiger partial charge in [0, 0.05) is 12.0 Å². The van der Waals surface area contributed by atoms with Crippen LogP contribution in [0.4, 0.5) is 0 Å². The Morgan fingerprint density at radius 2 is 1.25 bits per heavy atom. The van der Waals surface area contributed by atoms with Crippen molar-refractivity contribution >= 4 is 8.60 Å².